The second kappa shape index (κ2) is 4.30. The lowest BCUT2D eigenvalue weighted by molar-refractivity contribution is -0.119. The van der Waals surface area contributed by atoms with Crippen LogP contribution in [0.2, 0.25) is 0 Å². The fourth-order valence-corrected chi connectivity index (χ4v) is 1.33. The highest BCUT2D eigenvalue weighted by atomic mass is 32.1. The van der Waals surface area contributed by atoms with Gasteiger partial charge in [-0.15, -0.1) is 0 Å². The zero-order valence-corrected chi connectivity index (χ0v) is 7.95. The van der Waals surface area contributed by atoms with E-state index >= 15 is 0 Å². The predicted octanol–water partition coefficient (Wildman–Crippen LogP) is 0.470. The number of carbonyl (C=O) groups is 1. The van der Waals surface area contributed by atoms with Crippen molar-refractivity contribution in [3.63, 3.8) is 0 Å². The van der Waals surface area contributed by atoms with Crippen LogP contribution in [-0.4, -0.2) is 11.9 Å². The third-order valence-electron chi connectivity index (χ3n) is 1.81. The molecular formula is C9H12N2OS. The van der Waals surface area contributed by atoms with Crippen LogP contribution in [0.15, 0.2) is 30.3 Å². The summed E-state index contributed by atoms with van der Waals surface area (Å²) in [5.41, 5.74) is 11.5. The molecule has 0 aliphatic heterocycles. The minimum absolute atomic E-state index is 0.335. The number of carbonyl (C=O) groups excluding carboxylic acids is 1. The number of amides is 1. The van der Waals surface area contributed by atoms with Crippen molar-refractivity contribution < 1.29 is 4.79 Å². The summed E-state index contributed by atoms with van der Waals surface area (Å²) in [4.78, 5) is 10.8. The average molecular weight is 196 g/mol. The summed E-state index contributed by atoms with van der Waals surface area (Å²) < 4.78 is 0. The van der Waals surface area contributed by atoms with Crippen molar-refractivity contribution in [2.75, 3.05) is 0 Å². The highest BCUT2D eigenvalue weighted by molar-refractivity contribution is 7.80. The number of hydrogen-bond donors (Lipinski definition) is 3. The van der Waals surface area contributed by atoms with Crippen LogP contribution in [0.5, 0.6) is 0 Å². The summed E-state index contributed by atoms with van der Waals surface area (Å²) in [5.74, 6) is -0.538. The summed E-state index contributed by atoms with van der Waals surface area (Å²) in [6.45, 7) is 0. The first-order valence-electron chi connectivity index (χ1n) is 3.91. The fraction of sp³-hybridized carbons (Fsp3) is 0.222. The van der Waals surface area contributed by atoms with E-state index in [4.69, 9.17) is 11.5 Å². The molecule has 70 valence electrons. The molecule has 0 aliphatic carbocycles. The van der Waals surface area contributed by atoms with E-state index in [1.807, 2.05) is 30.3 Å². The molecule has 0 spiro atoms. The molecule has 0 bridgehead atoms. The van der Waals surface area contributed by atoms with Gasteiger partial charge in [-0.2, -0.15) is 12.6 Å². The van der Waals surface area contributed by atoms with Gasteiger partial charge in [-0.05, 0) is 5.56 Å². The Labute approximate surface area is 82.5 Å². The Hall–Kier alpha value is -1.00. The average Bonchev–Trinajstić information content (AvgIpc) is 2.17. The van der Waals surface area contributed by atoms with Crippen molar-refractivity contribution in [3.05, 3.63) is 35.9 Å². The van der Waals surface area contributed by atoms with Crippen LogP contribution in [0, 0.1) is 0 Å². The zero-order chi connectivity index (χ0) is 9.84. The van der Waals surface area contributed by atoms with Gasteiger partial charge in [-0.1, -0.05) is 30.3 Å². The van der Waals surface area contributed by atoms with Crippen molar-refractivity contribution in [2.24, 2.45) is 11.5 Å². The molecule has 13 heavy (non-hydrogen) atoms. The summed E-state index contributed by atoms with van der Waals surface area (Å²) in [5, 5.41) is -0.335. The van der Waals surface area contributed by atoms with Gasteiger partial charge in [0.25, 0.3) is 0 Å². The molecule has 0 heterocycles. The molecule has 0 aromatic heterocycles. The summed E-state index contributed by atoms with van der Waals surface area (Å²) in [7, 11) is 0. The minimum Gasteiger partial charge on any atom is -0.368 e. The van der Waals surface area contributed by atoms with E-state index in [-0.39, 0.29) is 5.25 Å². The van der Waals surface area contributed by atoms with Crippen molar-refractivity contribution >= 4 is 18.5 Å². The van der Waals surface area contributed by atoms with Gasteiger partial charge in [0.05, 0.1) is 11.3 Å². The van der Waals surface area contributed by atoms with Crippen LogP contribution < -0.4 is 11.5 Å². The third-order valence-corrected chi connectivity index (χ3v) is 2.43. The Bertz CT molecular complexity index is 289. The highest BCUT2D eigenvalue weighted by Gasteiger charge is 2.19. The second-order valence-electron chi connectivity index (χ2n) is 2.78. The molecule has 2 atom stereocenters. The first kappa shape index (κ1) is 10.1. The summed E-state index contributed by atoms with van der Waals surface area (Å²) in [6, 6.07) is 8.60. The normalized spacial score (nSPS) is 14.9. The van der Waals surface area contributed by atoms with Gasteiger partial charge in [0, 0.05) is 0 Å². The molecular weight excluding hydrogens is 184 g/mol. The van der Waals surface area contributed by atoms with Crippen LogP contribution in [-0.2, 0) is 4.79 Å². The highest BCUT2D eigenvalue weighted by Crippen LogP contribution is 2.21. The van der Waals surface area contributed by atoms with E-state index in [9.17, 15) is 4.79 Å². The number of benzene rings is 1. The molecule has 1 aromatic rings. The van der Waals surface area contributed by atoms with Gasteiger partial charge < -0.3 is 11.5 Å². The lowest BCUT2D eigenvalue weighted by atomic mass is 10.1. The van der Waals surface area contributed by atoms with E-state index in [0.717, 1.165) is 5.56 Å². The first-order chi connectivity index (χ1) is 6.13. The van der Waals surface area contributed by atoms with Crippen LogP contribution in [0.3, 0.4) is 0 Å². The van der Waals surface area contributed by atoms with E-state index < -0.39 is 11.9 Å². The fourth-order valence-electron chi connectivity index (χ4n) is 1.01. The number of rotatable bonds is 3. The third kappa shape index (κ3) is 2.47. The maximum Gasteiger partial charge on any atom is 0.235 e. The standard InChI is InChI=1S/C9H12N2OS/c10-7(9(11)12)8(13)6-4-2-1-3-5-6/h1-5,7-8,13H,10H2,(H2,11,12)/t7-,8+/m0/s1. The molecule has 0 radical (unpaired) electrons. The topological polar surface area (TPSA) is 69.1 Å². The smallest absolute Gasteiger partial charge is 0.235 e. The molecule has 0 fully saturated rings. The largest absolute Gasteiger partial charge is 0.368 e. The van der Waals surface area contributed by atoms with Gasteiger partial charge in [0.2, 0.25) is 5.91 Å². The molecule has 4 heteroatoms. The maximum atomic E-state index is 10.8. The molecule has 0 unspecified atom stereocenters. The van der Waals surface area contributed by atoms with Crippen LogP contribution in [0.4, 0.5) is 0 Å². The number of nitrogens with two attached hydrogens (primary N) is 2. The quantitative estimate of drug-likeness (QED) is 0.615. The number of hydrogen-bond acceptors (Lipinski definition) is 3. The van der Waals surface area contributed by atoms with E-state index in [2.05, 4.69) is 12.6 Å². The first-order valence-corrected chi connectivity index (χ1v) is 4.42. The molecule has 0 saturated heterocycles. The lowest BCUT2D eigenvalue weighted by Gasteiger charge is -2.15. The Morgan fingerprint density at radius 3 is 2.31 bits per heavy atom. The number of primary amides is 1. The molecule has 3 nitrogen and oxygen atoms in total. The van der Waals surface area contributed by atoms with E-state index in [0.29, 0.717) is 0 Å². The molecule has 1 rings (SSSR count). The van der Waals surface area contributed by atoms with Crippen molar-refractivity contribution in [1.29, 1.82) is 0 Å². The van der Waals surface area contributed by atoms with Gasteiger partial charge >= 0.3 is 0 Å². The van der Waals surface area contributed by atoms with Gasteiger partial charge in [0.15, 0.2) is 0 Å². The summed E-state index contributed by atoms with van der Waals surface area (Å²) >= 11 is 4.23. The Kier molecular flexibility index (Phi) is 3.33. The second-order valence-corrected chi connectivity index (χ2v) is 3.34. The predicted molar refractivity (Wildman–Crippen MR) is 55.3 cm³/mol. The molecule has 0 saturated carbocycles. The summed E-state index contributed by atoms with van der Waals surface area (Å²) in [6.07, 6.45) is 0. The minimum atomic E-state index is -0.745. The van der Waals surface area contributed by atoms with Crippen LogP contribution >= 0.6 is 12.6 Å². The molecule has 0 aliphatic rings. The monoisotopic (exact) mass is 196 g/mol. The molecule has 4 N–H and O–H groups in total. The van der Waals surface area contributed by atoms with Crippen LogP contribution in [0.25, 0.3) is 0 Å². The molecule has 1 aromatic carbocycles. The number of thiol groups is 1. The SMILES string of the molecule is NC(=O)[C@@H](N)[C@H](S)c1ccccc1. The van der Waals surface area contributed by atoms with Crippen molar-refractivity contribution in [1.82, 2.24) is 0 Å². The Balaban J connectivity index is 2.79. The Morgan fingerprint density at radius 2 is 1.85 bits per heavy atom. The van der Waals surface area contributed by atoms with Crippen LogP contribution in [0.1, 0.15) is 10.8 Å². The maximum absolute atomic E-state index is 10.8. The lowest BCUT2D eigenvalue weighted by Crippen LogP contribution is -2.39. The van der Waals surface area contributed by atoms with Gasteiger partial charge in [-0.3, -0.25) is 4.79 Å². The van der Waals surface area contributed by atoms with Gasteiger partial charge in [-0.25, -0.2) is 0 Å². The van der Waals surface area contributed by atoms with Gasteiger partial charge in [0.1, 0.15) is 0 Å². The van der Waals surface area contributed by atoms with E-state index in [1.54, 1.807) is 0 Å². The zero-order valence-electron chi connectivity index (χ0n) is 7.05. The molecule has 1 amide bonds. The van der Waals surface area contributed by atoms with Crippen molar-refractivity contribution in [2.45, 2.75) is 11.3 Å². The Morgan fingerprint density at radius 1 is 1.31 bits per heavy atom. The van der Waals surface area contributed by atoms with E-state index in [1.165, 1.54) is 0 Å². The van der Waals surface area contributed by atoms with Crippen molar-refractivity contribution in [3.8, 4) is 0 Å².